The second-order valence-electron chi connectivity index (χ2n) is 20.3. The van der Waals surface area contributed by atoms with Gasteiger partial charge in [-0.15, -0.1) is 0 Å². The van der Waals surface area contributed by atoms with Crippen molar-refractivity contribution in [1.82, 2.24) is 36.4 Å². The number of nitrogens with one attached hydrogen (secondary N) is 5. The number of rotatable bonds is 32. The van der Waals surface area contributed by atoms with Gasteiger partial charge in [0, 0.05) is 45.8 Å². The molecule has 25 heteroatoms. The number of primary amides is 3. The van der Waals surface area contributed by atoms with Crippen LogP contribution in [0.4, 0.5) is 0 Å². The number of phenolic OH excluding ortho intramolecular Hbond substituents is 1. The first-order valence-corrected chi connectivity index (χ1v) is 26.6. The zero-order valence-electron chi connectivity index (χ0n) is 45.5. The highest BCUT2D eigenvalue weighted by Gasteiger charge is 2.41. The Kier molecular flexibility index (Phi) is 25.3. The quantitative estimate of drug-likeness (QED) is 0.0185. The van der Waals surface area contributed by atoms with Crippen LogP contribution in [-0.2, 0) is 67.2 Å². The summed E-state index contributed by atoms with van der Waals surface area (Å²) in [7, 11) is 1.39. The molecule has 1 aliphatic rings. The van der Waals surface area contributed by atoms with Crippen LogP contribution in [0.15, 0.2) is 89.9 Å². The summed E-state index contributed by atoms with van der Waals surface area (Å²) in [5.41, 5.74) is 36.0. The maximum Gasteiger partial charge on any atom is 0.245 e. The Balaban J connectivity index is 1.59. The minimum atomic E-state index is -1.51. The van der Waals surface area contributed by atoms with Crippen LogP contribution in [0, 0.1) is 5.92 Å². The van der Waals surface area contributed by atoms with Gasteiger partial charge in [-0.2, -0.15) is 0 Å². The Hall–Kier alpha value is -8.61. The van der Waals surface area contributed by atoms with Gasteiger partial charge in [0.2, 0.25) is 59.1 Å². The van der Waals surface area contributed by atoms with Crippen molar-refractivity contribution in [3.05, 3.63) is 102 Å². The van der Waals surface area contributed by atoms with Gasteiger partial charge in [0.25, 0.3) is 0 Å². The number of aromatic hydroxyl groups is 1. The maximum absolute atomic E-state index is 14.7. The number of amides is 10. The zero-order chi connectivity index (χ0) is 59.1. The number of guanidine groups is 1. The second kappa shape index (κ2) is 31.7. The van der Waals surface area contributed by atoms with Gasteiger partial charge < -0.3 is 75.9 Å². The van der Waals surface area contributed by atoms with Crippen LogP contribution in [0.25, 0.3) is 0 Å². The van der Waals surface area contributed by atoms with E-state index in [9.17, 15) is 53.1 Å². The fourth-order valence-electron chi connectivity index (χ4n) is 9.12. The number of carbonyl (C=O) groups excluding carboxylic acids is 10. The van der Waals surface area contributed by atoms with Crippen LogP contribution in [0.3, 0.4) is 0 Å². The number of hydrogen-bond acceptors (Lipinski definition) is 13. The summed E-state index contributed by atoms with van der Waals surface area (Å²) in [6, 6.07) is 13.3. The Morgan fingerprint density at radius 1 is 0.625 bits per heavy atom. The molecule has 0 bridgehead atoms. The lowest BCUT2D eigenvalue weighted by atomic mass is 9.98. The molecule has 434 valence electrons. The Morgan fingerprint density at radius 2 is 1.14 bits per heavy atom. The van der Waals surface area contributed by atoms with E-state index >= 15 is 0 Å². The average Bonchev–Trinajstić information content (AvgIpc) is 3.93. The molecule has 0 radical (unpaired) electrons. The predicted octanol–water partition coefficient (Wildman–Crippen LogP) is -1.89. The van der Waals surface area contributed by atoms with Crippen LogP contribution in [-0.4, -0.2) is 148 Å². The minimum Gasteiger partial charge on any atom is -0.508 e. The summed E-state index contributed by atoms with van der Waals surface area (Å²) in [4.78, 5) is 143. The molecule has 0 spiro atoms. The van der Waals surface area contributed by atoms with Crippen molar-refractivity contribution in [2.45, 2.75) is 139 Å². The lowest BCUT2D eigenvalue weighted by molar-refractivity contribution is -0.145. The standard InChI is InChI=1S/C55H78N14O11/c1-32(2)28-42(67-48(74)37(56)29-35-18-20-36(70)21-19-35)53(79)68(3)44(31-34-14-8-5-9-15-34)52(78)65-40(23-25-46(58)72)54(80)69-27-11-17-43(69)51(77)64-39(22-24-45(57)71)50(76)63-38(16-10-26-62-55(60)61)49(75)66-41(47(59)73)30-33-12-6-4-7-13-33/h4-9,12-15,18-21,32,37-44,70H,10-11,16-17,22-31,56H2,1-3H3,(H2,57,71)(H2,58,72)(H2,59,73)(H,63,76)(H,64,77)(H,65,78)(H,66,75)(H,67,74)(H4,60,61,62)/t37-,38-,39-,40-,41-,42+,43-,44-/m0/s1. The molecule has 3 aromatic rings. The molecule has 25 nitrogen and oxygen atoms in total. The summed E-state index contributed by atoms with van der Waals surface area (Å²) >= 11 is 0. The minimum absolute atomic E-state index is 0.00262. The molecule has 1 heterocycles. The van der Waals surface area contributed by atoms with Crippen LogP contribution in [0.1, 0.15) is 88.3 Å². The van der Waals surface area contributed by atoms with Crippen molar-refractivity contribution < 1.29 is 53.1 Å². The number of nitrogens with two attached hydrogens (primary N) is 6. The highest BCUT2D eigenvalue weighted by Crippen LogP contribution is 2.22. The van der Waals surface area contributed by atoms with E-state index in [-0.39, 0.29) is 101 Å². The molecule has 1 saturated heterocycles. The highest BCUT2D eigenvalue weighted by molar-refractivity contribution is 5.98. The first-order valence-electron chi connectivity index (χ1n) is 26.6. The summed E-state index contributed by atoms with van der Waals surface area (Å²) < 4.78 is 0. The molecule has 10 amide bonds. The highest BCUT2D eigenvalue weighted by atomic mass is 16.3. The summed E-state index contributed by atoms with van der Waals surface area (Å²) in [5.74, 6) is -8.18. The number of likely N-dealkylation sites (N-methyl/N-ethyl adjacent to an activating group) is 1. The molecule has 18 N–H and O–H groups in total. The lowest BCUT2D eigenvalue weighted by Gasteiger charge is -2.34. The second-order valence-corrected chi connectivity index (χ2v) is 20.3. The van der Waals surface area contributed by atoms with Gasteiger partial charge >= 0.3 is 0 Å². The summed E-state index contributed by atoms with van der Waals surface area (Å²) in [6.45, 7) is 3.75. The van der Waals surface area contributed by atoms with E-state index in [1.807, 2.05) is 13.8 Å². The van der Waals surface area contributed by atoms with Crippen LogP contribution in [0.2, 0.25) is 0 Å². The molecule has 80 heavy (non-hydrogen) atoms. The molecule has 0 aliphatic carbocycles. The molecule has 1 aliphatic heterocycles. The smallest absolute Gasteiger partial charge is 0.245 e. The van der Waals surface area contributed by atoms with E-state index in [1.165, 1.54) is 29.0 Å². The van der Waals surface area contributed by atoms with Gasteiger partial charge in [0.1, 0.15) is 48.0 Å². The molecular weight excluding hydrogens is 1030 g/mol. The van der Waals surface area contributed by atoms with Crippen molar-refractivity contribution in [2.24, 2.45) is 45.3 Å². The van der Waals surface area contributed by atoms with Gasteiger partial charge in [0.15, 0.2) is 5.96 Å². The Morgan fingerprint density at radius 3 is 1.69 bits per heavy atom. The van der Waals surface area contributed by atoms with Crippen molar-refractivity contribution in [2.75, 3.05) is 20.1 Å². The fourth-order valence-corrected chi connectivity index (χ4v) is 9.12. The van der Waals surface area contributed by atoms with E-state index in [4.69, 9.17) is 34.4 Å². The third kappa shape index (κ3) is 21.0. The number of hydrogen-bond donors (Lipinski definition) is 12. The van der Waals surface area contributed by atoms with Crippen LogP contribution in [0.5, 0.6) is 5.75 Å². The number of aliphatic imine (C=N–C) groups is 1. The van der Waals surface area contributed by atoms with E-state index in [0.29, 0.717) is 16.7 Å². The number of nitrogens with zero attached hydrogens (tertiary/aromatic N) is 3. The number of benzene rings is 3. The van der Waals surface area contributed by atoms with Gasteiger partial charge in [-0.05, 0) is 86.1 Å². The van der Waals surface area contributed by atoms with E-state index in [2.05, 4.69) is 31.6 Å². The largest absolute Gasteiger partial charge is 0.508 e. The van der Waals surface area contributed by atoms with Crippen molar-refractivity contribution in [1.29, 1.82) is 0 Å². The van der Waals surface area contributed by atoms with E-state index in [1.54, 1.807) is 72.8 Å². The molecule has 1 fully saturated rings. The molecule has 0 saturated carbocycles. The summed E-state index contributed by atoms with van der Waals surface area (Å²) in [5, 5.41) is 23.0. The average molecular weight is 1110 g/mol. The molecular formula is C55H78N14O11. The normalized spacial score (nSPS) is 15.6. The predicted molar refractivity (Wildman–Crippen MR) is 296 cm³/mol. The maximum atomic E-state index is 14.7. The topological polar surface area (TPSA) is 426 Å². The molecule has 3 aromatic carbocycles. The first-order chi connectivity index (χ1) is 37.9. The number of likely N-dealkylation sites (tertiary alicyclic amines) is 1. The van der Waals surface area contributed by atoms with Gasteiger partial charge in [-0.3, -0.25) is 52.9 Å². The lowest BCUT2D eigenvalue weighted by Crippen LogP contribution is -2.60. The number of phenols is 1. The van der Waals surface area contributed by atoms with Crippen molar-refractivity contribution in [3.8, 4) is 5.75 Å². The third-order valence-electron chi connectivity index (χ3n) is 13.4. The first kappa shape index (κ1) is 63.9. The molecule has 0 unspecified atom stereocenters. The zero-order valence-corrected chi connectivity index (χ0v) is 45.5. The van der Waals surface area contributed by atoms with Gasteiger partial charge in [-0.25, -0.2) is 0 Å². The van der Waals surface area contributed by atoms with Crippen molar-refractivity contribution in [3.63, 3.8) is 0 Å². The number of carbonyl (C=O) groups is 10. The molecule has 4 rings (SSSR count). The van der Waals surface area contributed by atoms with E-state index < -0.39 is 114 Å². The SMILES string of the molecule is CC(C)C[C@@H](NC(=O)[C@@H](N)Cc1ccc(O)cc1)C(=O)N(C)[C@@H](Cc1ccccc1)C(=O)N[C@@H](CCC(N)=O)C(=O)N1CCC[C@H]1C(=O)N[C@@H](CCC(N)=O)C(=O)N[C@@H](CCCN=C(N)N)C(=O)N[C@@H](Cc1ccccc1)C(N)=O. The van der Waals surface area contributed by atoms with Crippen LogP contribution >= 0.6 is 0 Å². The summed E-state index contributed by atoms with van der Waals surface area (Å²) in [6.07, 6.45) is -0.731. The third-order valence-corrected chi connectivity index (χ3v) is 13.4. The van der Waals surface area contributed by atoms with Gasteiger partial charge in [-0.1, -0.05) is 86.6 Å². The molecule has 8 atom stereocenters. The molecule has 0 aromatic heterocycles. The Labute approximate surface area is 465 Å². The van der Waals surface area contributed by atoms with Crippen molar-refractivity contribution >= 4 is 65.0 Å². The van der Waals surface area contributed by atoms with Crippen LogP contribution < -0.4 is 61.0 Å². The van der Waals surface area contributed by atoms with E-state index in [0.717, 1.165) is 0 Å². The Bertz CT molecular complexity index is 2640. The monoisotopic (exact) mass is 1110 g/mol. The fraction of sp³-hybridized carbons (Fsp3) is 0.473. The van der Waals surface area contributed by atoms with Gasteiger partial charge in [0.05, 0.1) is 6.04 Å².